The van der Waals surface area contributed by atoms with Crippen molar-refractivity contribution in [3.05, 3.63) is 35.9 Å². The molecule has 126 valence electrons. The van der Waals surface area contributed by atoms with Gasteiger partial charge in [-0.2, -0.15) is 0 Å². The molecule has 0 heterocycles. The van der Waals surface area contributed by atoms with Gasteiger partial charge in [-0.3, -0.25) is 9.59 Å². The summed E-state index contributed by atoms with van der Waals surface area (Å²) in [6.45, 7) is 5.30. The van der Waals surface area contributed by atoms with Crippen molar-refractivity contribution in [2.45, 2.75) is 45.7 Å². The minimum absolute atomic E-state index is 0.138. The molecule has 6 heteroatoms. The molecule has 2 atom stereocenters. The van der Waals surface area contributed by atoms with Crippen molar-refractivity contribution in [2.24, 2.45) is 5.92 Å². The molecular formula is C17H24N2O4. The van der Waals surface area contributed by atoms with Crippen molar-refractivity contribution >= 4 is 17.8 Å². The SMILES string of the molecule is CC(C)C[C@H](NC(=O)[C@H](C)NC(=O)Cc1ccccc1)C(=O)O. The molecule has 1 aromatic rings. The first-order valence-corrected chi connectivity index (χ1v) is 7.66. The Hall–Kier alpha value is -2.37. The van der Waals surface area contributed by atoms with Crippen molar-refractivity contribution < 1.29 is 19.5 Å². The Bertz CT molecular complexity index is 543. The molecular weight excluding hydrogens is 296 g/mol. The molecule has 0 unspecified atom stereocenters. The van der Waals surface area contributed by atoms with Crippen LogP contribution in [0.15, 0.2) is 30.3 Å². The summed E-state index contributed by atoms with van der Waals surface area (Å²) >= 11 is 0. The van der Waals surface area contributed by atoms with Gasteiger partial charge in [-0.25, -0.2) is 4.79 Å². The Labute approximate surface area is 136 Å². The first-order chi connectivity index (χ1) is 10.8. The first-order valence-electron chi connectivity index (χ1n) is 7.66. The number of carbonyl (C=O) groups is 3. The van der Waals surface area contributed by atoms with Crippen LogP contribution in [0.3, 0.4) is 0 Å². The van der Waals surface area contributed by atoms with Crippen LogP contribution in [0.2, 0.25) is 0 Å². The van der Waals surface area contributed by atoms with Crippen molar-refractivity contribution in [2.75, 3.05) is 0 Å². The summed E-state index contributed by atoms with van der Waals surface area (Å²) in [5, 5.41) is 14.2. The molecule has 0 bridgehead atoms. The molecule has 0 radical (unpaired) electrons. The van der Waals surface area contributed by atoms with Crippen molar-refractivity contribution in [3.8, 4) is 0 Å². The van der Waals surface area contributed by atoms with Crippen LogP contribution in [0.5, 0.6) is 0 Å². The first kappa shape index (κ1) is 18.7. The highest BCUT2D eigenvalue weighted by atomic mass is 16.4. The number of aliphatic carboxylic acids is 1. The molecule has 2 amide bonds. The molecule has 0 aromatic heterocycles. The number of nitrogens with one attached hydrogen (secondary N) is 2. The molecule has 0 fully saturated rings. The number of amides is 2. The minimum Gasteiger partial charge on any atom is -0.480 e. The third-order valence-corrected chi connectivity index (χ3v) is 3.30. The van der Waals surface area contributed by atoms with Crippen LogP contribution >= 0.6 is 0 Å². The normalized spacial score (nSPS) is 13.2. The minimum atomic E-state index is -1.07. The largest absolute Gasteiger partial charge is 0.480 e. The Balaban J connectivity index is 2.52. The fraction of sp³-hybridized carbons (Fsp3) is 0.471. The van der Waals surface area contributed by atoms with E-state index in [1.165, 1.54) is 6.92 Å². The zero-order valence-electron chi connectivity index (χ0n) is 13.7. The second-order valence-electron chi connectivity index (χ2n) is 5.98. The number of hydrogen-bond acceptors (Lipinski definition) is 3. The number of benzene rings is 1. The highest BCUT2D eigenvalue weighted by Gasteiger charge is 2.24. The quantitative estimate of drug-likeness (QED) is 0.674. The molecule has 0 saturated heterocycles. The lowest BCUT2D eigenvalue weighted by Gasteiger charge is -2.20. The highest BCUT2D eigenvalue weighted by molar-refractivity contribution is 5.90. The monoisotopic (exact) mass is 320 g/mol. The van der Waals surface area contributed by atoms with Gasteiger partial charge in [0.1, 0.15) is 12.1 Å². The van der Waals surface area contributed by atoms with E-state index in [1.54, 1.807) is 0 Å². The van der Waals surface area contributed by atoms with E-state index in [9.17, 15) is 14.4 Å². The highest BCUT2D eigenvalue weighted by Crippen LogP contribution is 2.05. The fourth-order valence-corrected chi connectivity index (χ4v) is 2.13. The fourth-order valence-electron chi connectivity index (χ4n) is 2.13. The molecule has 0 saturated carbocycles. The molecule has 3 N–H and O–H groups in total. The number of carbonyl (C=O) groups excluding carboxylic acids is 2. The van der Waals surface area contributed by atoms with E-state index >= 15 is 0 Å². The summed E-state index contributed by atoms with van der Waals surface area (Å²) in [6.07, 6.45) is 0.512. The van der Waals surface area contributed by atoms with Gasteiger partial charge in [-0.1, -0.05) is 44.2 Å². The van der Waals surface area contributed by atoms with Gasteiger partial charge in [0, 0.05) is 0 Å². The van der Waals surface area contributed by atoms with E-state index in [-0.39, 0.29) is 18.2 Å². The number of carboxylic acids is 1. The van der Waals surface area contributed by atoms with Gasteiger partial charge >= 0.3 is 5.97 Å². The topological polar surface area (TPSA) is 95.5 Å². The van der Waals surface area contributed by atoms with Crippen LogP contribution in [0, 0.1) is 5.92 Å². The maximum atomic E-state index is 12.0. The Morgan fingerprint density at radius 2 is 1.65 bits per heavy atom. The van der Waals surface area contributed by atoms with Gasteiger partial charge in [-0.05, 0) is 24.8 Å². The van der Waals surface area contributed by atoms with E-state index in [0.717, 1.165) is 5.56 Å². The van der Waals surface area contributed by atoms with Gasteiger partial charge in [0.05, 0.1) is 6.42 Å². The average molecular weight is 320 g/mol. The lowest BCUT2D eigenvalue weighted by Crippen LogP contribution is -2.50. The van der Waals surface area contributed by atoms with Gasteiger partial charge in [0.2, 0.25) is 11.8 Å². The van der Waals surface area contributed by atoms with Crippen LogP contribution < -0.4 is 10.6 Å². The standard InChI is InChI=1S/C17H24N2O4/c1-11(2)9-14(17(22)23)19-16(21)12(3)18-15(20)10-13-7-5-4-6-8-13/h4-8,11-12,14H,9-10H2,1-3H3,(H,18,20)(H,19,21)(H,22,23)/t12-,14-/m0/s1. The summed E-state index contributed by atoms with van der Waals surface area (Å²) in [4.78, 5) is 35.1. The molecule has 0 spiro atoms. The summed E-state index contributed by atoms with van der Waals surface area (Å²) in [6, 6.07) is 7.44. The third kappa shape index (κ3) is 6.95. The lowest BCUT2D eigenvalue weighted by molar-refractivity contribution is -0.142. The zero-order valence-corrected chi connectivity index (χ0v) is 13.7. The van der Waals surface area contributed by atoms with Gasteiger partial charge in [0.25, 0.3) is 0 Å². The van der Waals surface area contributed by atoms with Gasteiger partial charge in [-0.15, -0.1) is 0 Å². The summed E-state index contributed by atoms with van der Waals surface area (Å²) in [7, 11) is 0. The Morgan fingerprint density at radius 3 is 2.17 bits per heavy atom. The predicted molar refractivity (Wildman–Crippen MR) is 86.8 cm³/mol. The number of hydrogen-bond donors (Lipinski definition) is 3. The maximum absolute atomic E-state index is 12.0. The Kier molecular flexibility index (Phi) is 7.25. The molecule has 0 aliphatic rings. The van der Waals surface area contributed by atoms with Crippen LogP contribution in [0.1, 0.15) is 32.8 Å². The van der Waals surface area contributed by atoms with Gasteiger partial charge < -0.3 is 15.7 Å². The van der Waals surface area contributed by atoms with E-state index in [4.69, 9.17) is 5.11 Å². The smallest absolute Gasteiger partial charge is 0.326 e. The third-order valence-electron chi connectivity index (χ3n) is 3.30. The van der Waals surface area contributed by atoms with Crippen LogP contribution in [0.4, 0.5) is 0 Å². The lowest BCUT2D eigenvalue weighted by atomic mass is 10.0. The van der Waals surface area contributed by atoms with E-state index in [2.05, 4.69) is 10.6 Å². The van der Waals surface area contributed by atoms with E-state index < -0.39 is 24.0 Å². The maximum Gasteiger partial charge on any atom is 0.326 e. The molecule has 1 rings (SSSR count). The summed E-state index contributed by atoms with van der Waals surface area (Å²) in [5.74, 6) is -1.72. The zero-order chi connectivity index (χ0) is 17.4. The van der Waals surface area contributed by atoms with Crippen molar-refractivity contribution in [1.82, 2.24) is 10.6 Å². The van der Waals surface area contributed by atoms with Crippen LogP contribution in [-0.2, 0) is 20.8 Å². The number of carboxylic acid groups (broad SMARTS) is 1. The molecule has 1 aromatic carbocycles. The van der Waals surface area contributed by atoms with Crippen LogP contribution in [0.25, 0.3) is 0 Å². The molecule has 0 aliphatic carbocycles. The van der Waals surface area contributed by atoms with Crippen LogP contribution in [-0.4, -0.2) is 35.0 Å². The molecule has 0 aliphatic heterocycles. The molecule has 6 nitrogen and oxygen atoms in total. The van der Waals surface area contributed by atoms with Gasteiger partial charge in [0.15, 0.2) is 0 Å². The second kappa shape index (κ2) is 8.92. The van der Waals surface area contributed by atoms with E-state index in [0.29, 0.717) is 6.42 Å². The average Bonchev–Trinajstić information content (AvgIpc) is 2.46. The Morgan fingerprint density at radius 1 is 1.04 bits per heavy atom. The summed E-state index contributed by atoms with van der Waals surface area (Å²) < 4.78 is 0. The number of rotatable bonds is 8. The van der Waals surface area contributed by atoms with Crippen molar-refractivity contribution in [3.63, 3.8) is 0 Å². The predicted octanol–water partition coefficient (Wildman–Crippen LogP) is 1.35. The van der Waals surface area contributed by atoms with Crippen molar-refractivity contribution in [1.29, 1.82) is 0 Å². The summed E-state index contributed by atoms with van der Waals surface area (Å²) in [5.41, 5.74) is 0.848. The molecule has 23 heavy (non-hydrogen) atoms. The van der Waals surface area contributed by atoms with E-state index in [1.807, 2.05) is 44.2 Å². The second-order valence-corrected chi connectivity index (χ2v) is 5.98.